The monoisotopic (exact) mass is 313 g/mol. The number of nitrogens with zero attached hydrogens (tertiary/aromatic N) is 3. The number of piperidine rings is 1. The Hall–Kier alpha value is -2.11. The van der Waals surface area contributed by atoms with Gasteiger partial charge in [-0.25, -0.2) is 0 Å². The Bertz CT molecular complexity index is 695. The number of H-pyrrole nitrogens is 2. The molecule has 2 aliphatic rings. The molecule has 1 aliphatic carbocycles. The van der Waals surface area contributed by atoms with Crippen molar-refractivity contribution in [2.24, 2.45) is 0 Å². The number of carbonyl (C=O) groups excluding carboxylic acids is 1. The number of amides is 1. The molecule has 2 aromatic rings. The number of rotatable bonds is 2. The second-order valence-electron chi connectivity index (χ2n) is 6.80. The molecular formula is C17H23N5O. The lowest BCUT2D eigenvalue weighted by molar-refractivity contribution is -0.134. The van der Waals surface area contributed by atoms with Gasteiger partial charge >= 0.3 is 0 Å². The highest BCUT2D eigenvalue weighted by Gasteiger charge is 2.33. The molecule has 1 amide bonds. The van der Waals surface area contributed by atoms with Crippen molar-refractivity contribution in [3.8, 4) is 0 Å². The predicted octanol–water partition coefficient (Wildman–Crippen LogP) is 2.27. The van der Waals surface area contributed by atoms with Crippen LogP contribution < -0.4 is 0 Å². The van der Waals surface area contributed by atoms with E-state index in [2.05, 4.69) is 32.2 Å². The third kappa shape index (κ3) is 2.56. The number of nitrogens with one attached hydrogen (secondary N) is 2. The first-order valence-corrected chi connectivity index (χ1v) is 8.55. The number of aromatic amines is 2. The van der Waals surface area contributed by atoms with Crippen molar-refractivity contribution in [1.82, 2.24) is 25.3 Å². The summed E-state index contributed by atoms with van der Waals surface area (Å²) in [4.78, 5) is 15.0. The lowest BCUT2D eigenvalue weighted by atomic mass is 9.84. The summed E-state index contributed by atoms with van der Waals surface area (Å²) in [6.45, 7) is 3.76. The van der Waals surface area contributed by atoms with Gasteiger partial charge in [0.05, 0.1) is 18.3 Å². The van der Waals surface area contributed by atoms with E-state index < -0.39 is 0 Å². The highest BCUT2D eigenvalue weighted by Crippen LogP contribution is 2.34. The highest BCUT2D eigenvalue weighted by molar-refractivity contribution is 5.84. The Morgan fingerprint density at radius 1 is 1.13 bits per heavy atom. The summed E-state index contributed by atoms with van der Waals surface area (Å²) in [7, 11) is 0. The van der Waals surface area contributed by atoms with Gasteiger partial charge < -0.3 is 4.90 Å². The average Bonchev–Trinajstić information content (AvgIpc) is 3.22. The van der Waals surface area contributed by atoms with Crippen molar-refractivity contribution in [2.45, 2.75) is 50.9 Å². The molecule has 1 saturated heterocycles. The van der Waals surface area contributed by atoms with Crippen LogP contribution in [-0.4, -0.2) is 44.3 Å². The van der Waals surface area contributed by atoms with Crippen molar-refractivity contribution in [2.75, 3.05) is 13.1 Å². The maximum absolute atomic E-state index is 12.9. The van der Waals surface area contributed by atoms with Crippen LogP contribution in [0, 0.1) is 6.92 Å². The zero-order valence-corrected chi connectivity index (χ0v) is 13.5. The normalized spacial score (nSPS) is 22.1. The summed E-state index contributed by atoms with van der Waals surface area (Å²) < 4.78 is 0. The van der Waals surface area contributed by atoms with Gasteiger partial charge in [-0.3, -0.25) is 15.0 Å². The van der Waals surface area contributed by atoms with E-state index in [-0.39, 0.29) is 11.8 Å². The largest absolute Gasteiger partial charge is 0.342 e. The van der Waals surface area contributed by atoms with Crippen LogP contribution in [0.2, 0.25) is 0 Å². The van der Waals surface area contributed by atoms with E-state index in [1.54, 1.807) is 0 Å². The molecule has 122 valence electrons. The zero-order chi connectivity index (χ0) is 15.8. The third-order valence-corrected chi connectivity index (χ3v) is 5.46. The summed E-state index contributed by atoms with van der Waals surface area (Å²) in [5.74, 6) is 0.813. The van der Waals surface area contributed by atoms with E-state index in [1.165, 1.54) is 5.56 Å². The van der Waals surface area contributed by atoms with Crippen molar-refractivity contribution >= 4 is 5.91 Å². The minimum absolute atomic E-state index is 0.00436. The van der Waals surface area contributed by atoms with Gasteiger partial charge in [-0.1, -0.05) is 0 Å². The maximum atomic E-state index is 12.9. The molecule has 1 unspecified atom stereocenters. The molecule has 2 aromatic heterocycles. The smallest absolute Gasteiger partial charge is 0.230 e. The van der Waals surface area contributed by atoms with Gasteiger partial charge in [-0.2, -0.15) is 10.2 Å². The standard InChI is InChI=1S/C17H23N5O/c1-11-14(9-18-20-11)12-5-7-22(8-6-12)17(23)13-3-2-4-16-15(13)10-19-21-16/h9-10,12-13H,2-8H2,1H3,(H,18,20)(H,19,21). The lowest BCUT2D eigenvalue weighted by Crippen LogP contribution is -2.41. The van der Waals surface area contributed by atoms with Crippen molar-refractivity contribution in [3.63, 3.8) is 0 Å². The number of fused-ring (bicyclic) bond motifs is 1. The van der Waals surface area contributed by atoms with Crippen LogP contribution in [0.5, 0.6) is 0 Å². The van der Waals surface area contributed by atoms with E-state index in [0.717, 1.165) is 62.1 Å². The molecule has 6 heteroatoms. The topological polar surface area (TPSA) is 77.7 Å². The second-order valence-corrected chi connectivity index (χ2v) is 6.80. The predicted molar refractivity (Wildman–Crippen MR) is 86.1 cm³/mol. The Kier molecular flexibility index (Phi) is 3.67. The molecule has 3 heterocycles. The van der Waals surface area contributed by atoms with Crippen molar-refractivity contribution < 1.29 is 4.79 Å². The van der Waals surface area contributed by atoms with E-state index in [9.17, 15) is 4.79 Å². The molecule has 0 saturated carbocycles. The fourth-order valence-electron chi connectivity index (χ4n) is 4.12. The number of carbonyl (C=O) groups is 1. The Balaban J connectivity index is 1.43. The van der Waals surface area contributed by atoms with Crippen LogP contribution in [-0.2, 0) is 11.2 Å². The first-order valence-electron chi connectivity index (χ1n) is 8.55. The number of aromatic nitrogens is 4. The van der Waals surface area contributed by atoms with Crippen LogP contribution >= 0.6 is 0 Å². The second kappa shape index (κ2) is 5.83. The quantitative estimate of drug-likeness (QED) is 0.893. The van der Waals surface area contributed by atoms with Crippen LogP contribution in [0.1, 0.15) is 60.0 Å². The van der Waals surface area contributed by atoms with E-state index >= 15 is 0 Å². The van der Waals surface area contributed by atoms with Gasteiger partial charge in [0.25, 0.3) is 0 Å². The van der Waals surface area contributed by atoms with Gasteiger partial charge in [0.15, 0.2) is 0 Å². The number of hydrogen-bond donors (Lipinski definition) is 2. The molecule has 2 N–H and O–H groups in total. The van der Waals surface area contributed by atoms with Gasteiger partial charge in [-0.15, -0.1) is 0 Å². The fraction of sp³-hybridized carbons (Fsp3) is 0.588. The SMILES string of the molecule is Cc1[nH]ncc1C1CCN(C(=O)C2CCCc3[nH]ncc32)CC1. The van der Waals surface area contributed by atoms with Crippen LogP contribution in [0.3, 0.4) is 0 Å². The van der Waals surface area contributed by atoms with Crippen LogP contribution in [0.15, 0.2) is 12.4 Å². The summed E-state index contributed by atoms with van der Waals surface area (Å²) in [5, 5.41) is 14.3. The minimum atomic E-state index is 0.00436. The van der Waals surface area contributed by atoms with Gasteiger partial charge in [0.1, 0.15) is 0 Å². The minimum Gasteiger partial charge on any atom is -0.342 e. The number of aryl methyl sites for hydroxylation is 2. The van der Waals surface area contributed by atoms with Crippen molar-refractivity contribution in [1.29, 1.82) is 0 Å². The molecule has 4 rings (SSSR count). The molecule has 6 nitrogen and oxygen atoms in total. The van der Waals surface area contributed by atoms with Crippen molar-refractivity contribution in [3.05, 3.63) is 34.9 Å². The van der Waals surface area contributed by atoms with Gasteiger partial charge in [-0.05, 0) is 50.5 Å². The summed E-state index contributed by atoms with van der Waals surface area (Å²) >= 11 is 0. The highest BCUT2D eigenvalue weighted by atomic mass is 16.2. The van der Waals surface area contributed by atoms with E-state index in [4.69, 9.17) is 0 Å². The molecule has 0 aromatic carbocycles. The molecule has 1 fully saturated rings. The summed E-state index contributed by atoms with van der Waals surface area (Å²) in [6, 6.07) is 0. The van der Waals surface area contributed by atoms with Gasteiger partial charge in [0.2, 0.25) is 5.91 Å². The lowest BCUT2D eigenvalue weighted by Gasteiger charge is -2.35. The molecular weight excluding hydrogens is 290 g/mol. The first kappa shape index (κ1) is 14.5. The molecule has 1 aliphatic heterocycles. The molecule has 1 atom stereocenters. The number of hydrogen-bond acceptors (Lipinski definition) is 3. The third-order valence-electron chi connectivity index (χ3n) is 5.46. The Morgan fingerprint density at radius 2 is 1.87 bits per heavy atom. The first-order chi connectivity index (χ1) is 11.2. The molecule has 0 bridgehead atoms. The molecule has 0 radical (unpaired) electrons. The molecule has 23 heavy (non-hydrogen) atoms. The van der Waals surface area contributed by atoms with E-state index in [1.807, 2.05) is 12.4 Å². The molecule has 0 spiro atoms. The summed E-state index contributed by atoms with van der Waals surface area (Å²) in [5.41, 5.74) is 4.74. The zero-order valence-electron chi connectivity index (χ0n) is 13.5. The average molecular weight is 313 g/mol. The Labute approximate surface area is 135 Å². The number of likely N-dealkylation sites (tertiary alicyclic amines) is 1. The summed E-state index contributed by atoms with van der Waals surface area (Å²) in [6.07, 6.45) is 8.87. The van der Waals surface area contributed by atoms with Gasteiger partial charge in [0, 0.05) is 30.0 Å². The van der Waals surface area contributed by atoms with Crippen LogP contribution in [0.4, 0.5) is 0 Å². The maximum Gasteiger partial charge on any atom is 0.230 e. The van der Waals surface area contributed by atoms with E-state index in [0.29, 0.717) is 5.92 Å². The fourth-order valence-corrected chi connectivity index (χ4v) is 4.12. The Morgan fingerprint density at radius 3 is 2.61 bits per heavy atom. The van der Waals surface area contributed by atoms with Crippen LogP contribution in [0.25, 0.3) is 0 Å².